The van der Waals surface area contributed by atoms with Gasteiger partial charge in [-0.25, -0.2) is 9.78 Å². The van der Waals surface area contributed by atoms with Crippen molar-refractivity contribution in [2.45, 2.75) is 85.4 Å². The quantitative estimate of drug-likeness (QED) is 0.314. The Morgan fingerprint density at radius 2 is 1.29 bits per heavy atom. The zero-order chi connectivity index (χ0) is 13.9. The van der Waals surface area contributed by atoms with Gasteiger partial charge in [0.25, 0.3) is 0 Å². The third kappa shape index (κ3) is 25.7. The molecule has 0 atom stereocenters. The monoisotopic (exact) mass is 246 g/mol. The van der Waals surface area contributed by atoms with Crippen LogP contribution < -0.4 is 0 Å². The van der Waals surface area contributed by atoms with Crippen molar-refractivity contribution in [3.63, 3.8) is 0 Å². The molecule has 0 saturated heterocycles. The number of aldehydes is 1. The molecule has 0 aliphatic rings. The number of carbonyl (C=O) groups excluding carboxylic acids is 1. The Labute approximate surface area is 107 Å². The summed E-state index contributed by atoms with van der Waals surface area (Å²) in [5, 5.41) is 0. The van der Waals surface area contributed by atoms with Crippen LogP contribution in [0.5, 0.6) is 0 Å². The van der Waals surface area contributed by atoms with Gasteiger partial charge in [-0.3, -0.25) is 0 Å². The Hall–Kier alpha value is -0.410. The summed E-state index contributed by atoms with van der Waals surface area (Å²) in [5.74, 6) is 0. The molecule has 0 unspecified atom stereocenters. The zero-order valence-electron chi connectivity index (χ0n) is 12.6. The summed E-state index contributed by atoms with van der Waals surface area (Å²) in [4.78, 5) is 19.9. The molecule has 0 heterocycles. The van der Waals surface area contributed by atoms with Gasteiger partial charge in [0.15, 0.2) is 0 Å². The maximum absolute atomic E-state index is 9.68. The van der Waals surface area contributed by atoms with E-state index in [-0.39, 0.29) is 11.2 Å². The minimum absolute atomic E-state index is 0.215. The van der Waals surface area contributed by atoms with E-state index in [1.807, 2.05) is 41.5 Å². The summed E-state index contributed by atoms with van der Waals surface area (Å²) < 4.78 is 0. The molecule has 0 N–H and O–H groups in total. The summed E-state index contributed by atoms with van der Waals surface area (Å²) in [6, 6.07) is 0. The first-order chi connectivity index (χ1) is 7.62. The lowest BCUT2D eigenvalue weighted by molar-refractivity contribution is -0.393. The molecule has 0 bridgehead atoms. The molecular formula is C14H30O3. The predicted molar refractivity (Wildman–Crippen MR) is 71.9 cm³/mol. The standard InChI is InChI=1S/C8H18O2.C6H12O/c1-7(2,3)9-10-8(4,5)6;1-2-3-4-5-6-7/h1-6H3;6H,2-5H2,1H3. The van der Waals surface area contributed by atoms with E-state index in [4.69, 9.17) is 9.78 Å². The molecule has 0 saturated carbocycles. The van der Waals surface area contributed by atoms with Crippen LogP contribution >= 0.6 is 0 Å². The molecule has 0 rings (SSSR count). The van der Waals surface area contributed by atoms with Gasteiger partial charge >= 0.3 is 0 Å². The average Bonchev–Trinajstić information content (AvgIpc) is 2.15. The fourth-order valence-corrected chi connectivity index (χ4v) is 0.728. The third-order valence-corrected chi connectivity index (χ3v) is 1.47. The molecule has 0 aromatic rings. The maximum atomic E-state index is 9.68. The van der Waals surface area contributed by atoms with Crippen LogP contribution in [0.4, 0.5) is 0 Å². The molecule has 0 aliphatic carbocycles. The Morgan fingerprint density at radius 3 is 1.53 bits per heavy atom. The van der Waals surface area contributed by atoms with Crippen LogP contribution in [0.15, 0.2) is 0 Å². The first kappa shape index (κ1) is 18.9. The molecule has 104 valence electrons. The van der Waals surface area contributed by atoms with Crippen molar-refractivity contribution in [1.29, 1.82) is 0 Å². The Bertz CT molecular complexity index is 161. The van der Waals surface area contributed by atoms with Crippen molar-refractivity contribution in [3.05, 3.63) is 0 Å². The van der Waals surface area contributed by atoms with Crippen molar-refractivity contribution in [2.24, 2.45) is 0 Å². The second-order valence-corrected chi connectivity index (χ2v) is 6.05. The van der Waals surface area contributed by atoms with Crippen LogP contribution in [-0.2, 0) is 14.6 Å². The second-order valence-electron chi connectivity index (χ2n) is 6.05. The second kappa shape index (κ2) is 9.60. The lowest BCUT2D eigenvalue weighted by Gasteiger charge is -2.24. The maximum Gasteiger partial charge on any atom is 0.119 e. The lowest BCUT2D eigenvalue weighted by atomic mass is 10.2. The molecule has 0 spiro atoms. The number of carbonyl (C=O) groups is 1. The van der Waals surface area contributed by atoms with Gasteiger partial charge in [0, 0.05) is 6.42 Å². The van der Waals surface area contributed by atoms with Gasteiger partial charge < -0.3 is 4.79 Å². The van der Waals surface area contributed by atoms with Crippen LogP contribution in [0.3, 0.4) is 0 Å². The van der Waals surface area contributed by atoms with E-state index < -0.39 is 0 Å². The fraction of sp³-hybridized carbons (Fsp3) is 0.929. The summed E-state index contributed by atoms with van der Waals surface area (Å²) in [6.45, 7) is 13.9. The van der Waals surface area contributed by atoms with Gasteiger partial charge in [-0.05, 0) is 48.0 Å². The van der Waals surface area contributed by atoms with Crippen LogP contribution in [0.1, 0.15) is 74.1 Å². The average molecular weight is 246 g/mol. The van der Waals surface area contributed by atoms with Gasteiger partial charge in [-0.1, -0.05) is 19.8 Å². The van der Waals surface area contributed by atoms with Crippen molar-refractivity contribution in [3.8, 4) is 0 Å². The van der Waals surface area contributed by atoms with Crippen LogP contribution in [0, 0.1) is 0 Å². The molecule has 0 radical (unpaired) electrons. The number of hydrogen-bond donors (Lipinski definition) is 0. The molecule has 3 heteroatoms. The molecule has 0 amide bonds. The van der Waals surface area contributed by atoms with Crippen LogP contribution in [0.25, 0.3) is 0 Å². The summed E-state index contributed by atoms with van der Waals surface area (Å²) >= 11 is 0. The molecule has 0 aromatic heterocycles. The van der Waals surface area contributed by atoms with E-state index >= 15 is 0 Å². The number of unbranched alkanes of at least 4 members (excludes halogenated alkanes) is 3. The first-order valence-electron chi connectivity index (χ1n) is 6.43. The van der Waals surface area contributed by atoms with Gasteiger partial charge in [-0.2, -0.15) is 0 Å². The largest absolute Gasteiger partial charge is 0.303 e. The van der Waals surface area contributed by atoms with Crippen molar-refractivity contribution < 1.29 is 14.6 Å². The molecule has 0 aromatic carbocycles. The van der Waals surface area contributed by atoms with Gasteiger partial charge in [0.1, 0.15) is 6.29 Å². The van der Waals surface area contributed by atoms with Gasteiger partial charge in [-0.15, -0.1) is 0 Å². The Balaban J connectivity index is 0. The molecule has 0 aliphatic heterocycles. The fourth-order valence-electron chi connectivity index (χ4n) is 0.728. The highest BCUT2D eigenvalue weighted by atomic mass is 17.2. The highest BCUT2D eigenvalue weighted by Crippen LogP contribution is 2.14. The summed E-state index contributed by atoms with van der Waals surface area (Å²) in [6.07, 6.45) is 5.19. The van der Waals surface area contributed by atoms with Gasteiger partial charge in [0.05, 0.1) is 11.2 Å². The van der Waals surface area contributed by atoms with Gasteiger partial charge in [0.2, 0.25) is 0 Å². The first-order valence-corrected chi connectivity index (χ1v) is 6.43. The van der Waals surface area contributed by atoms with E-state index in [0.29, 0.717) is 0 Å². The predicted octanol–water partition coefficient (Wildman–Crippen LogP) is 4.30. The minimum Gasteiger partial charge on any atom is -0.303 e. The molecule has 0 fully saturated rings. The SMILES string of the molecule is CC(C)(C)OOC(C)(C)C.CCCCCC=O. The highest BCUT2D eigenvalue weighted by molar-refractivity contribution is 5.48. The van der Waals surface area contributed by atoms with E-state index in [9.17, 15) is 4.79 Å². The summed E-state index contributed by atoms with van der Waals surface area (Å²) in [7, 11) is 0. The lowest BCUT2D eigenvalue weighted by Crippen LogP contribution is -2.27. The highest BCUT2D eigenvalue weighted by Gasteiger charge is 2.18. The summed E-state index contributed by atoms with van der Waals surface area (Å²) in [5.41, 5.74) is -0.430. The zero-order valence-corrected chi connectivity index (χ0v) is 12.6. The number of rotatable bonds is 5. The van der Waals surface area contributed by atoms with Crippen LogP contribution in [0.2, 0.25) is 0 Å². The van der Waals surface area contributed by atoms with Crippen molar-refractivity contribution >= 4 is 6.29 Å². The molecular weight excluding hydrogens is 216 g/mol. The Kier molecular flexibility index (Phi) is 10.7. The normalized spacial score (nSPS) is 11.7. The minimum atomic E-state index is -0.215. The molecule has 3 nitrogen and oxygen atoms in total. The van der Waals surface area contributed by atoms with Crippen molar-refractivity contribution in [1.82, 2.24) is 0 Å². The van der Waals surface area contributed by atoms with Crippen molar-refractivity contribution in [2.75, 3.05) is 0 Å². The molecule has 17 heavy (non-hydrogen) atoms. The third-order valence-electron chi connectivity index (χ3n) is 1.47. The van der Waals surface area contributed by atoms with E-state index in [1.165, 1.54) is 12.8 Å². The van der Waals surface area contributed by atoms with Crippen LogP contribution in [-0.4, -0.2) is 17.5 Å². The Morgan fingerprint density at radius 1 is 0.882 bits per heavy atom. The van der Waals surface area contributed by atoms with E-state index in [1.54, 1.807) is 0 Å². The number of hydrogen-bond acceptors (Lipinski definition) is 3. The smallest absolute Gasteiger partial charge is 0.119 e. The van der Waals surface area contributed by atoms with E-state index in [0.717, 1.165) is 19.1 Å². The topological polar surface area (TPSA) is 35.5 Å². The van der Waals surface area contributed by atoms with E-state index in [2.05, 4.69) is 6.92 Å².